The van der Waals surface area contributed by atoms with Crippen molar-refractivity contribution >= 4 is 12.1 Å². The molecule has 1 N–H and O–H groups in total. The normalized spacial score (nSPS) is 10.3. The molecule has 0 spiro atoms. The second kappa shape index (κ2) is 14.4. The Morgan fingerprint density at radius 3 is 1.70 bits per heavy atom. The summed E-state index contributed by atoms with van der Waals surface area (Å²) >= 11 is 0. The minimum absolute atomic E-state index is 0.338. The van der Waals surface area contributed by atoms with Crippen LogP contribution >= 0.6 is 0 Å². The van der Waals surface area contributed by atoms with Crippen LogP contribution in [0.5, 0.6) is 0 Å². The van der Waals surface area contributed by atoms with Gasteiger partial charge in [0, 0.05) is 13.5 Å². The summed E-state index contributed by atoms with van der Waals surface area (Å²) in [6.07, 6.45) is 13.4. The standard InChI is InChI=1S/C16H31NO3/c1-3-4-5-6-7-8-9-10-11-12-13-14-15(18)20-16(19)17-2/h3-14H2,1-2H3,(H,17,19). The van der Waals surface area contributed by atoms with Gasteiger partial charge in [0.25, 0.3) is 0 Å². The second-order valence-corrected chi connectivity index (χ2v) is 5.30. The van der Waals surface area contributed by atoms with E-state index in [2.05, 4.69) is 17.0 Å². The van der Waals surface area contributed by atoms with Gasteiger partial charge < -0.3 is 10.1 Å². The van der Waals surface area contributed by atoms with E-state index in [1.165, 1.54) is 64.8 Å². The lowest BCUT2D eigenvalue weighted by atomic mass is 10.1. The number of alkyl carbamates (subject to hydrolysis) is 1. The molecule has 4 heteroatoms. The smallest absolute Gasteiger partial charge is 0.376 e. The fourth-order valence-electron chi connectivity index (χ4n) is 2.14. The van der Waals surface area contributed by atoms with Gasteiger partial charge in [0.1, 0.15) is 0 Å². The molecule has 0 bridgehead atoms. The van der Waals surface area contributed by atoms with E-state index < -0.39 is 12.1 Å². The van der Waals surface area contributed by atoms with E-state index in [1.807, 2.05) is 0 Å². The molecule has 1 amide bonds. The van der Waals surface area contributed by atoms with Crippen LogP contribution in [0, 0.1) is 0 Å². The van der Waals surface area contributed by atoms with Crippen LogP contribution in [0.25, 0.3) is 0 Å². The van der Waals surface area contributed by atoms with Crippen LogP contribution in [0.2, 0.25) is 0 Å². The molecule has 20 heavy (non-hydrogen) atoms. The molecule has 0 aliphatic rings. The van der Waals surface area contributed by atoms with Gasteiger partial charge in [-0.2, -0.15) is 0 Å². The highest BCUT2D eigenvalue weighted by Crippen LogP contribution is 2.12. The molecular formula is C16H31NO3. The summed E-state index contributed by atoms with van der Waals surface area (Å²) in [5.41, 5.74) is 0. The summed E-state index contributed by atoms with van der Waals surface area (Å²) < 4.78 is 4.50. The van der Waals surface area contributed by atoms with Gasteiger partial charge in [-0.15, -0.1) is 0 Å². The molecular weight excluding hydrogens is 254 g/mol. The third kappa shape index (κ3) is 13.4. The van der Waals surface area contributed by atoms with Crippen LogP contribution in [-0.2, 0) is 9.53 Å². The van der Waals surface area contributed by atoms with Gasteiger partial charge in [0.05, 0.1) is 0 Å². The average Bonchev–Trinajstić information content (AvgIpc) is 2.44. The maximum Gasteiger partial charge on any atom is 0.414 e. The predicted octanol–water partition coefficient (Wildman–Crippen LogP) is 4.57. The Morgan fingerprint density at radius 1 is 0.800 bits per heavy atom. The van der Waals surface area contributed by atoms with Crippen LogP contribution in [0.4, 0.5) is 4.79 Å². The molecule has 0 radical (unpaired) electrons. The zero-order chi connectivity index (χ0) is 15.1. The van der Waals surface area contributed by atoms with Gasteiger partial charge in [-0.25, -0.2) is 4.79 Å². The van der Waals surface area contributed by atoms with Gasteiger partial charge >= 0.3 is 12.1 Å². The summed E-state index contributed by atoms with van der Waals surface area (Å²) in [6, 6.07) is 0. The van der Waals surface area contributed by atoms with Crippen molar-refractivity contribution in [3.63, 3.8) is 0 Å². The number of esters is 1. The van der Waals surface area contributed by atoms with Crippen molar-refractivity contribution in [2.75, 3.05) is 7.05 Å². The number of amides is 1. The Labute approximate surface area is 123 Å². The van der Waals surface area contributed by atoms with Gasteiger partial charge in [0.2, 0.25) is 0 Å². The third-order valence-corrected chi connectivity index (χ3v) is 3.40. The van der Waals surface area contributed by atoms with E-state index in [0.29, 0.717) is 6.42 Å². The number of nitrogens with one attached hydrogen (secondary N) is 1. The largest absolute Gasteiger partial charge is 0.414 e. The summed E-state index contributed by atoms with van der Waals surface area (Å²) in [4.78, 5) is 22.0. The molecule has 0 aromatic rings. The van der Waals surface area contributed by atoms with Gasteiger partial charge in [0.15, 0.2) is 0 Å². The Balaban J connectivity index is 3.16. The molecule has 0 atom stereocenters. The Morgan fingerprint density at radius 2 is 1.25 bits per heavy atom. The zero-order valence-electron chi connectivity index (χ0n) is 13.2. The first-order valence-electron chi connectivity index (χ1n) is 8.13. The van der Waals surface area contributed by atoms with Crippen LogP contribution < -0.4 is 5.32 Å². The highest BCUT2D eigenvalue weighted by atomic mass is 16.6. The number of hydrogen-bond acceptors (Lipinski definition) is 3. The minimum atomic E-state index is -0.668. The van der Waals surface area contributed by atoms with E-state index in [4.69, 9.17) is 0 Å². The molecule has 0 aromatic heterocycles. The molecule has 118 valence electrons. The number of unbranched alkanes of at least 4 members (excludes halogenated alkanes) is 10. The fraction of sp³-hybridized carbons (Fsp3) is 0.875. The number of ether oxygens (including phenoxy) is 1. The van der Waals surface area contributed by atoms with Crippen molar-refractivity contribution in [3.05, 3.63) is 0 Å². The van der Waals surface area contributed by atoms with E-state index >= 15 is 0 Å². The number of carbonyl (C=O) groups excluding carboxylic acids is 2. The Kier molecular flexibility index (Phi) is 13.6. The molecule has 4 nitrogen and oxygen atoms in total. The first-order valence-corrected chi connectivity index (χ1v) is 8.13. The Hall–Kier alpha value is -1.06. The molecule has 0 aliphatic carbocycles. The monoisotopic (exact) mass is 285 g/mol. The number of carbonyl (C=O) groups is 2. The van der Waals surface area contributed by atoms with E-state index in [1.54, 1.807) is 0 Å². The summed E-state index contributed by atoms with van der Waals surface area (Å²) in [6.45, 7) is 2.24. The van der Waals surface area contributed by atoms with E-state index in [0.717, 1.165) is 12.8 Å². The first-order chi connectivity index (χ1) is 9.70. The van der Waals surface area contributed by atoms with Crippen LogP contribution in [0.15, 0.2) is 0 Å². The van der Waals surface area contributed by atoms with Gasteiger partial charge in [-0.1, -0.05) is 71.1 Å². The second-order valence-electron chi connectivity index (χ2n) is 5.30. The van der Waals surface area contributed by atoms with Crippen LogP contribution in [-0.4, -0.2) is 19.1 Å². The quantitative estimate of drug-likeness (QED) is 0.324. The van der Waals surface area contributed by atoms with E-state index in [9.17, 15) is 9.59 Å². The molecule has 0 rings (SSSR count). The molecule has 0 aromatic carbocycles. The Bertz CT molecular complexity index is 254. The molecule has 0 heterocycles. The molecule has 0 saturated heterocycles. The van der Waals surface area contributed by atoms with Crippen LogP contribution in [0.1, 0.15) is 84.0 Å². The highest BCUT2D eigenvalue weighted by Gasteiger charge is 2.07. The summed E-state index contributed by atoms with van der Waals surface area (Å²) in [5, 5.41) is 2.26. The fourth-order valence-corrected chi connectivity index (χ4v) is 2.14. The van der Waals surface area contributed by atoms with Crippen molar-refractivity contribution in [3.8, 4) is 0 Å². The van der Waals surface area contributed by atoms with Crippen molar-refractivity contribution in [2.24, 2.45) is 0 Å². The first kappa shape index (κ1) is 18.9. The predicted molar refractivity (Wildman–Crippen MR) is 81.6 cm³/mol. The molecule has 0 aliphatic heterocycles. The van der Waals surface area contributed by atoms with Crippen molar-refractivity contribution in [1.29, 1.82) is 0 Å². The highest BCUT2D eigenvalue weighted by molar-refractivity contribution is 5.84. The molecule has 0 fully saturated rings. The van der Waals surface area contributed by atoms with Gasteiger partial charge in [-0.3, -0.25) is 4.79 Å². The summed E-state index contributed by atoms with van der Waals surface area (Å²) in [7, 11) is 1.44. The lowest BCUT2D eigenvalue weighted by Crippen LogP contribution is -2.22. The number of hydrogen-bond donors (Lipinski definition) is 1. The SMILES string of the molecule is CCCCCCCCCCCCCC(=O)OC(=O)NC. The van der Waals surface area contributed by atoms with Gasteiger partial charge in [-0.05, 0) is 6.42 Å². The maximum atomic E-state index is 11.2. The van der Waals surface area contributed by atoms with E-state index in [-0.39, 0.29) is 0 Å². The van der Waals surface area contributed by atoms with Crippen LogP contribution in [0.3, 0.4) is 0 Å². The van der Waals surface area contributed by atoms with Crippen molar-refractivity contribution in [1.82, 2.24) is 5.32 Å². The minimum Gasteiger partial charge on any atom is -0.376 e. The lowest BCUT2D eigenvalue weighted by Gasteiger charge is -2.03. The molecule has 0 saturated carbocycles. The third-order valence-electron chi connectivity index (χ3n) is 3.40. The molecule has 0 unspecified atom stereocenters. The summed E-state index contributed by atoms with van der Waals surface area (Å²) in [5.74, 6) is -0.430. The zero-order valence-corrected chi connectivity index (χ0v) is 13.2. The topological polar surface area (TPSA) is 55.4 Å². The lowest BCUT2D eigenvalue weighted by molar-refractivity contribution is -0.137. The van der Waals surface area contributed by atoms with Crippen molar-refractivity contribution < 1.29 is 14.3 Å². The maximum absolute atomic E-state index is 11.2. The number of rotatable bonds is 12. The average molecular weight is 285 g/mol. The van der Waals surface area contributed by atoms with Crippen molar-refractivity contribution in [2.45, 2.75) is 84.0 Å².